The van der Waals surface area contributed by atoms with Crippen molar-refractivity contribution in [3.63, 3.8) is 0 Å². The van der Waals surface area contributed by atoms with E-state index in [2.05, 4.69) is 25.7 Å². The van der Waals surface area contributed by atoms with Crippen molar-refractivity contribution in [1.29, 1.82) is 0 Å². The Morgan fingerprint density at radius 1 is 1.22 bits per heavy atom. The van der Waals surface area contributed by atoms with Gasteiger partial charge in [0.25, 0.3) is 11.7 Å². The number of urea groups is 1. The lowest BCUT2D eigenvalue weighted by Gasteiger charge is -2.15. The lowest BCUT2D eigenvalue weighted by molar-refractivity contribution is -0.154. The fourth-order valence-corrected chi connectivity index (χ4v) is 2.57. The number of aromatic nitrogens is 4. The number of ether oxygens (including phenoxy) is 1. The van der Waals surface area contributed by atoms with Gasteiger partial charge in [-0.15, -0.1) is 0 Å². The number of rotatable bonds is 6. The number of carbonyl (C=O) groups is 3. The predicted molar refractivity (Wildman–Crippen MR) is 95.9 cm³/mol. The molecule has 0 aliphatic rings. The van der Waals surface area contributed by atoms with E-state index in [4.69, 9.17) is 4.74 Å². The largest absolute Gasteiger partial charge is 0.453 e. The van der Waals surface area contributed by atoms with Crippen LogP contribution in [0.25, 0.3) is 5.78 Å². The molecule has 2 aromatic heterocycles. The molecule has 0 spiro atoms. The summed E-state index contributed by atoms with van der Waals surface area (Å²) in [5.74, 6) is -0.722. The normalized spacial score (nSPS) is 12.1. The maximum atomic E-state index is 12.1. The van der Waals surface area contributed by atoms with Gasteiger partial charge in [-0.1, -0.05) is 0 Å². The van der Waals surface area contributed by atoms with Gasteiger partial charge in [0.05, 0.1) is 0 Å². The van der Waals surface area contributed by atoms with Crippen molar-refractivity contribution in [1.82, 2.24) is 30.2 Å². The van der Waals surface area contributed by atoms with E-state index in [1.807, 2.05) is 13.8 Å². The number of hydrogen-bond acceptors (Lipinski definition) is 7. The average molecular weight is 376 g/mol. The average Bonchev–Trinajstić information content (AvgIpc) is 3.01. The van der Waals surface area contributed by atoms with Crippen molar-refractivity contribution < 1.29 is 19.1 Å². The molecule has 146 valence electrons. The Balaban J connectivity index is 1.91. The van der Waals surface area contributed by atoms with Crippen LogP contribution in [-0.2, 0) is 20.7 Å². The molecule has 2 heterocycles. The first-order valence-corrected chi connectivity index (χ1v) is 8.65. The van der Waals surface area contributed by atoms with Gasteiger partial charge in [-0.2, -0.15) is 10.1 Å². The topological polar surface area (TPSA) is 128 Å². The Labute approximate surface area is 156 Å². The molecule has 0 saturated heterocycles. The Morgan fingerprint density at radius 2 is 1.93 bits per heavy atom. The summed E-state index contributed by atoms with van der Waals surface area (Å²) >= 11 is 0. The van der Waals surface area contributed by atoms with Crippen LogP contribution in [0, 0.1) is 13.8 Å². The van der Waals surface area contributed by atoms with Gasteiger partial charge in [-0.25, -0.2) is 14.3 Å². The van der Waals surface area contributed by atoms with Crippen LogP contribution in [0.2, 0.25) is 0 Å². The lowest BCUT2D eigenvalue weighted by Crippen LogP contribution is -2.46. The number of hydrogen-bond donors (Lipinski definition) is 2. The predicted octanol–water partition coefficient (Wildman–Crippen LogP) is 0.840. The van der Waals surface area contributed by atoms with E-state index >= 15 is 0 Å². The molecular weight excluding hydrogens is 352 g/mol. The molecule has 10 heteroatoms. The van der Waals surface area contributed by atoms with E-state index < -0.39 is 24.0 Å². The monoisotopic (exact) mass is 376 g/mol. The second kappa shape index (κ2) is 8.56. The highest BCUT2D eigenvalue weighted by atomic mass is 16.5. The quantitative estimate of drug-likeness (QED) is 0.715. The molecule has 0 aromatic carbocycles. The minimum absolute atomic E-state index is 0.0688. The van der Waals surface area contributed by atoms with Crippen LogP contribution in [0.3, 0.4) is 0 Å². The van der Waals surface area contributed by atoms with Gasteiger partial charge in [0.2, 0.25) is 0 Å². The first kappa shape index (κ1) is 20.3. The van der Waals surface area contributed by atoms with Gasteiger partial charge in [0.15, 0.2) is 6.10 Å². The van der Waals surface area contributed by atoms with Crippen molar-refractivity contribution in [2.45, 2.75) is 59.6 Å². The molecule has 0 aliphatic carbocycles. The van der Waals surface area contributed by atoms with Crippen LogP contribution in [0.5, 0.6) is 0 Å². The number of fused-ring (bicyclic) bond motifs is 1. The van der Waals surface area contributed by atoms with Crippen LogP contribution in [0.1, 0.15) is 44.1 Å². The highest BCUT2D eigenvalue weighted by Gasteiger charge is 2.21. The summed E-state index contributed by atoms with van der Waals surface area (Å²) in [5, 5.41) is 8.76. The van der Waals surface area contributed by atoms with Crippen molar-refractivity contribution in [3.8, 4) is 0 Å². The first-order chi connectivity index (χ1) is 12.7. The summed E-state index contributed by atoms with van der Waals surface area (Å²) < 4.78 is 6.71. The number of amides is 3. The second-order valence-corrected chi connectivity index (χ2v) is 6.48. The lowest BCUT2D eigenvalue weighted by atomic mass is 10.1. The summed E-state index contributed by atoms with van der Waals surface area (Å²) in [6, 6.07) is -0.741. The summed E-state index contributed by atoms with van der Waals surface area (Å²) in [7, 11) is 0. The molecule has 0 saturated carbocycles. The number of aryl methyl sites for hydroxylation is 2. The van der Waals surface area contributed by atoms with Gasteiger partial charge in [-0.05, 0) is 46.6 Å². The van der Waals surface area contributed by atoms with Gasteiger partial charge >= 0.3 is 12.0 Å². The highest BCUT2D eigenvalue weighted by molar-refractivity contribution is 5.97. The van der Waals surface area contributed by atoms with Crippen LogP contribution >= 0.6 is 0 Å². The highest BCUT2D eigenvalue weighted by Crippen LogP contribution is 2.15. The molecule has 27 heavy (non-hydrogen) atoms. The molecule has 10 nitrogen and oxygen atoms in total. The molecule has 0 aliphatic heterocycles. The van der Waals surface area contributed by atoms with Crippen LogP contribution in [-0.4, -0.2) is 49.6 Å². The van der Waals surface area contributed by atoms with E-state index in [1.54, 1.807) is 18.4 Å². The summed E-state index contributed by atoms with van der Waals surface area (Å²) in [6.07, 6.45) is 0.803. The molecule has 0 fully saturated rings. The number of nitrogens with zero attached hydrogens (tertiary/aromatic N) is 4. The van der Waals surface area contributed by atoms with E-state index in [0.717, 1.165) is 17.0 Å². The van der Waals surface area contributed by atoms with E-state index in [0.29, 0.717) is 12.2 Å². The van der Waals surface area contributed by atoms with Gasteiger partial charge in [0, 0.05) is 23.9 Å². The zero-order valence-electron chi connectivity index (χ0n) is 16.1. The smallest absolute Gasteiger partial charge is 0.321 e. The fourth-order valence-electron chi connectivity index (χ4n) is 2.57. The third-order valence-electron chi connectivity index (χ3n) is 3.90. The third kappa shape index (κ3) is 5.22. The second-order valence-electron chi connectivity index (χ2n) is 6.48. The molecule has 0 unspecified atom stereocenters. The summed E-state index contributed by atoms with van der Waals surface area (Å²) in [4.78, 5) is 43.9. The summed E-state index contributed by atoms with van der Waals surface area (Å²) in [6.45, 7) is 8.66. The maximum absolute atomic E-state index is 12.1. The molecule has 2 aromatic rings. The number of imide groups is 1. The third-order valence-corrected chi connectivity index (χ3v) is 3.90. The number of esters is 1. The summed E-state index contributed by atoms with van der Waals surface area (Å²) in [5.41, 5.74) is 2.48. The van der Waals surface area contributed by atoms with Crippen LogP contribution in [0.4, 0.5) is 4.79 Å². The molecule has 3 amide bonds. The van der Waals surface area contributed by atoms with Crippen molar-refractivity contribution >= 4 is 23.7 Å². The number of carbonyl (C=O) groups excluding carboxylic acids is 3. The maximum Gasteiger partial charge on any atom is 0.321 e. The molecule has 2 N–H and O–H groups in total. The minimum Gasteiger partial charge on any atom is -0.453 e. The van der Waals surface area contributed by atoms with Crippen LogP contribution < -0.4 is 10.6 Å². The molecule has 1 atom stereocenters. The Hall–Kier alpha value is -3.04. The fraction of sp³-hybridized carbons (Fsp3) is 0.529. The van der Waals surface area contributed by atoms with Crippen molar-refractivity contribution in [3.05, 3.63) is 23.3 Å². The van der Waals surface area contributed by atoms with Crippen LogP contribution in [0.15, 0.2) is 6.33 Å². The zero-order valence-corrected chi connectivity index (χ0v) is 16.1. The molecule has 2 rings (SSSR count). The van der Waals surface area contributed by atoms with Gasteiger partial charge in [0.1, 0.15) is 6.33 Å². The minimum atomic E-state index is -1.08. The Kier molecular flexibility index (Phi) is 6.43. The van der Waals surface area contributed by atoms with E-state index in [1.165, 1.54) is 13.3 Å². The van der Waals surface area contributed by atoms with Crippen molar-refractivity contribution in [2.75, 3.05) is 0 Å². The van der Waals surface area contributed by atoms with Crippen molar-refractivity contribution in [2.24, 2.45) is 0 Å². The standard InChI is InChI=1S/C17H24N6O4/c1-9(2)20-17(26)22-15(25)12(5)27-14(24)7-6-13-10(3)21-16-18-8-19-23(16)11(13)4/h8-9,12H,6-7H2,1-5H3,(H2,20,22,25,26)/t12-/m0/s1. The zero-order chi connectivity index (χ0) is 20.1. The van der Waals surface area contributed by atoms with Gasteiger partial charge in [-0.3, -0.25) is 14.9 Å². The van der Waals surface area contributed by atoms with E-state index in [9.17, 15) is 14.4 Å². The molecule has 0 bridgehead atoms. The Morgan fingerprint density at radius 3 is 2.59 bits per heavy atom. The molecular formula is C17H24N6O4. The SMILES string of the molecule is Cc1nc2ncnn2c(C)c1CCC(=O)O[C@@H](C)C(=O)NC(=O)NC(C)C. The number of nitrogens with one attached hydrogen (secondary N) is 2. The van der Waals surface area contributed by atoms with Gasteiger partial charge < -0.3 is 10.1 Å². The van der Waals surface area contributed by atoms with E-state index in [-0.39, 0.29) is 12.5 Å². The molecule has 0 radical (unpaired) electrons. The first-order valence-electron chi connectivity index (χ1n) is 8.65. The Bertz CT molecular complexity index is 860.